The molecule has 0 unspecified atom stereocenters. The first-order valence-electron chi connectivity index (χ1n) is 8.15. The molecule has 3 heteroatoms. The molecule has 3 rings (SSSR count). The molecule has 1 aromatic carbocycles. The third-order valence-corrected chi connectivity index (χ3v) is 4.84. The summed E-state index contributed by atoms with van der Waals surface area (Å²) in [4.78, 5) is 3.54. The minimum Gasteiger partial charge on any atom is -0.313 e. The summed E-state index contributed by atoms with van der Waals surface area (Å²) in [5.74, 6) is 0. The molecule has 1 N–H and O–H groups in total. The van der Waals surface area contributed by atoms with Gasteiger partial charge in [-0.15, -0.1) is 11.3 Å². The summed E-state index contributed by atoms with van der Waals surface area (Å²) in [5, 5.41) is 4.87. The van der Waals surface area contributed by atoms with Crippen molar-refractivity contribution in [1.82, 2.24) is 10.2 Å². The molecular weight excluding hydrogens is 288 g/mol. The lowest BCUT2D eigenvalue weighted by molar-refractivity contribution is 0.505. The van der Waals surface area contributed by atoms with E-state index in [9.17, 15) is 0 Å². The van der Waals surface area contributed by atoms with Crippen LogP contribution in [-0.4, -0.2) is 39.1 Å². The molecule has 0 atom stereocenters. The summed E-state index contributed by atoms with van der Waals surface area (Å²) in [6.45, 7) is 4.41. The molecule has 22 heavy (non-hydrogen) atoms. The van der Waals surface area contributed by atoms with E-state index in [2.05, 4.69) is 42.6 Å². The van der Waals surface area contributed by atoms with Crippen molar-refractivity contribution in [1.29, 1.82) is 0 Å². The fraction of sp³-hybridized carbons (Fsp3) is 0.474. The molecule has 0 amide bonds. The Bertz CT molecular complexity index is 623. The summed E-state index contributed by atoms with van der Waals surface area (Å²) in [6, 6.07) is 8.84. The number of fused-ring (bicyclic) bond motifs is 1. The van der Waals surface area contributed by atoms with Crippen molar-refractivity contribution in [2.24, 2.45) is 0 Å². The first kappa shape index (κ1) is 17.2. The van der Waals surface area contributed by atoms with Gasteiger partial charge in [-0.05, 0) is 63.1 Å². The second-order valence-electron chi connectivity index (χ2n) is 6.18. The van der Waals surface area contributed by atoms with E-state index in [4.69, 9.17) is 0 Å². The van der Waals surface area contributed by atoms with Gasteiger partial charge in [0.05, 0.1) is 0 Å². The third-order valence-electron chi connectivity index (χ3n) is 3.55. The SMILES string of the molecule is CCCc1c(C2=CCNCC2)sc2ccccc12.CN(C)C. The van der Waals surface area contributed by atoms with Crippen LogP contribution in [-0.2, 0) is 6.42 Å². The number of nitrogens with zero attached hydrogens (tertiary/aromatic N) is 1. The maximum Gasteiger partial charge on any atom is 0.0352 e. The predicted octanol–water partition coefficient (Wildman–Crippen LogP) is 4.41. The summed E-state index contributed by atoms with van der Waals surface area (Å²) >= 11 is 1.97. The van der Waals surface area contributed by atoms with E-state index in [1.54, 1.807) is 16.0 Å². The van der Waals surface area contributed by atoms with Crippen molar-refractivity contribution in [3.8, 4) is 0 Å². The highest BCUT2D eigenvalue weighted by Crippen LogP contribution is 2.38. The van der Waals surface area contributed by atoms with Gasteiger partial charge >= 0.3 is 0 Å². The Hall–Kier alpha value is -1.16. The Kier molecular flexibility index (Phi) is 6.62. The van der Waals surface area contributed by atoms with E-state index < -0.39 is 0 Å². The number of aryl methyl sites for hydroxylation is 1. The van der Waals surface area contributed by atoms with Gasteiger partial charge in [-0.25, -0.2) is 0 Å². The van der Waals surface area contributed by atoms with Gasteiger partial charge in [-0.2, -0.15) is 0 Å². The van der Waals surface area contributed by atoms with E-state index in [1.807, 2.05) is 37.4 Å². The fourth-order valence-corrected chi connectivity index (χ4v) is 4.00. The quantitative estimate of drug-likeness (QED) is 0.902. The van der Waals surface area contributed by atoms with Gasteiger partial charge in [0.1, 0.15) is 0 Å². The molecule has 120 valence electrons. The Balaban J connectivity index is 0.000000396. The topological polar surface area (TPSA) is 15.3 Å². The van der Waals surface area contributed by atoms with E-state index in [1.165, 1.54) is 29.3 Å². The fourth-order valence-electron chi connectivity index (χ4n) is 2.69. The van der Waals surface area contributed by atoms with Crippen molar-refractivity contribution < 1.29 is 0 Å². The summed E-state index contributed by atoms with van der Waals surface area (Å²) in [5.41, 5.74) is 3.13. The average molecular weight is 317 g/mol. The second-order valence-corrected chi connectivity index (χ2v) is 7.23. The maximum absolute atomic E-state index is 3.40. The molecule has 1 aliphatic heterocycles. The molecule has 1 aromatic heterocycles. The molecule has 2 aromatic rings. The zero-order valence-electron chi connectivity index (χ0n) is 14.3. The number of benzene rings is 1. The van der Waals surface area contributed by atoms with Gasteiger partial charge in [0.2, 0.25) is 0 Å². The Morgan fingerprint density at radius 3 is 2.55 bits per heavy atom. The predicted molar refractivity (Wildman–Crippen MR) is 101 cm³/mol. The minimum atomic E-state index is 1.02. The van der Waals surface area contributed by atoms with Crippen molar-refractivity contribution in [2.45, 2.75) is 26.2 Å². The van der Waals surface area contributed by atoms with Crippen LogP contribution in [0.3, 0.4) is 0 Å². The summed E-state index contributed by atoms with van der Waals surface area (Å²) < 4.78 is 1.44. The van der Waals surface area contributed by atoms with Gasteiger partial charge in [0, 0.05) is 16.1 Å². The lowest BCUT2D eigenvalue weighted by Crippen LogP contribution is -2.20. The molecular formula is C19H28N2S. The van der Waals surface area contributed by atoms with Crippen LogP contribution in [0.1, 0.15) is 30.2 Å². The van der Waals surface area contributed by atoms with Gasteiger partial charge in [-0.3, -0.25) is 0 Å². The second kappa shape index (κ2) is 8.47. The zero-order chi connectivity index (χ0) is 15.9. The van der Waals surface area contributed by atoms with Crippen molar-refractivity contribution in [3.05, 3.63) is 40.8 Å². The number of thiophene rings is 1. The number of nitrogens with one attached hydrogen (secondary N) is 1. The van der Waals surface area contributed by atoms with E-state index in [0.717, 1.165) is 13.1 Å². The van der Waals surface area contributed by atoms with E-state index >= 15 is 0 Å². The first-order valence-corrected chi connectivity index (χ1v) is 8.96. The maximum atomic E-state index is 3.40. The van der Waals surface area contributed by atoms with Gasteiger partial charge < -0.3 is 10.2 Å². The highest BCUT2D eigenvalue weighted by molar-refractivity contribution is 7.20. The van der Waals surface area contributed by atoms with Gasteiger partial charge in [-0.1, -0.05) is 37.6 Å². The molecule has 0 saturated heterocycles. The van der Waals surface area contributed by atoms with Crippen molar-refractivity contribution in [2.75, 3.05) is 34.2 Å². The van der Waals surface area contributed by atoms with Crippen LogP contribution in [0, 0.1) is 0 Å². The molecule has 2 heterocycles. The molecule has 0 spiro atoms. The summed E-state index contributed by atoms with van der Waals surface area (Å²) in [6.07, 6.45) is 5.96. The smallest absolute Gasteiger partial charge is 0.0352 e. The van der Waals surface area contributed by atoms with Crippen LogP contribution >= 0.6 is 11.3 Å². The van der Waals surface area contributed by atoms with Crippen LogP contribution in [0.15, 0.2) is 30.3 Å². The van der Waals surface area contributed by atoms with Crippen LogP contribution in [0.4, 0.5) is 0 Å². The molecule has 0 saturated carbocycles. The Morgan fingerprint density at radius 2 is 1.91 bits per heavy atom. The average Bonchev–Trinajstić information content (AvgIpc) is 2.87. The lowest BCUT2D eigenvalue weighted by Gasteiger charge is -2.14. The van der Waals surface area contributed by atoms with E-state index in [0.29, 0.717) is 0 Å². The lowest BCUT2D eigenvalue weighted by atomic mass is 9.99. The Morgan fingerprint density at radius 1 is 1.18 bits per heavy atom. The number of hydrogen-bond donors (Lipinski definition) is 1. The van der Waals surface area contributed by atoms with Gasteiger partial charge in [0.25, 0.3) is 0 Å². The molecule has 0 radical (unpaired) electrons. The van der Waals surface area contributed by atoms with Crippen molar-refractivity contribution >= 4 is 27.0 Å². The number of rotatable bonds is 3. The zero-order valence-corrected chi connectivity index (χ0v) is 15.1. The molecule has 0 bridgehead atoms. The monoisotopic (exact) mass is 316 g/mol. The highest BCUT2D eigenvalue weighted by atomic mass is 32.1. The first-order chi connectivity index (χ1) is 10.6. The van der Waals surface area contributed by atoms with Crippen LogP contribution in [0.25, 0.3) is 15.7 Å². The van der Waals surface area contributed by atoms with E-state index in [-0.39, 0.29) is 0 Å². The standard InChI is InChI=1S/C16H19NS.C3H9N/c1-2-5-14-13-6-3-4-7-15(13)18-16(14)12-8-10-17-11-9-12;1-4(2)3/h3-4,6-8,17H,2,5,9-11H2,1H3;1-3H3. The third kappa shape index (κ3) is 4.42. The van der Waals surface area contributed by atoms with Gasteiger partial charge in [0.15, 0.2) is 0 Å². The van der Waals surface area contributed by atoms with Crippen molar-refractivity contribution in [3.63, 3.8) is 0 Å². The Labute approximate surface area is 138 Å². The molecule has 0 fully saturated rings. The molecule has 1 aliphatic rings. The molecule has 0 aliphatic carbocycles. The van der Waals surface area contributed by atoms with Crippen LogP contribution in [0.2, 0.25) is 0 Å². The summed E-state index contributed by atoms with van der Waals surface area (Å²) in [7, 11) is 6.00. The normalized spacial score (nSPS) is 14.7. The largest absolute Gasteiger partial charge is 0.313 e. The van der Waals surface area contributed by atoms with Crippen LogP contribution < -0.4 is 5.32 Å². The number of hydrogen-bond acceptors (Lipinski definition) is 3. The molecule has 2 nitrogen and oxygen atoms in total. The van der Waals surface area contributed by atoms with Crippen LogP contribution in [0.5, 0.6) is 0 Å². The highest BCUT2D eigenvalue weighted by Gasteiger charge is 2.15. The minimum absolute atomic E-state index is 1.02.